The molecule has 9 heteroatoms. The molecule has 34 heavy (non-hydrogen) atoms. The molecule has 0 radical (unpaired) electrons. The van der Waals surface area contributed by atoms with Crippen molar-refractivity contribution < 1.29 is 17.9 Å². The molecule has 2 heterocycles. The van der Waals surface area contributed by atoms with Crippen molar-refractivity contribution in [2.24, 2.45) is 18.0 Å². The maximum absolute atomic E-state index is 13.0. The van der Waals surface area contributed by atoms with E-state index in [0.717, 1.165) is 29.5 Å². The minimum Gasteiger partial charge on any atom is -0.497 e. The Labute approximate surface area is 204 Å². The van der Waals surface area contributed by atoms with Crippen LogP contribution in [0, 0.1) is 5.92 Å². The Morgan fingerprint density at radius 3 is 2.50 bits per heavy atom. The molecule has 0 spiro atoms. The lowest BCUT2D eigenvalue weighted by molar-refractivity contribution is -0.122. The van der Waals surface area contributed by atoms with Crippen LogP contribution in [0.1, 0.15) is 38.2 Å². The molecule has 4 rings (SSSR count). The highest BCUT2D eigenvalue weighted by Crippen LogP contribution is 2.26. The second kappa shape index (κ2) is 10.4. The molecule has 0 aliphatic carbocycles. The van der Waals surface area contributed by atoms with Crippen LogP contribution in [0.25, 0.3) is 10.2 Å². The largest absolute Gasteiger partial charge is 0.497 e. The Morgan fingerprint density at radius 2 is 1.85 bits per heavy atom. The van der Waals surface area contributed by atoms with Crippen LogP contribution < -0.4 is 9.54 Å². The number of benzene rings is 2. The number of hydrogen-bond donors (Lipinski definition) is 0. The molecular weight excluding hydrogens is 470 g/mol. The Bertz CT molecular complexity index is 1330. The van der Waals surface area contributed by atoms with Crippen molar-refractivity contribution in [3.63, 3.8) is 0 Å². The summed E-state index contributed by atoms with van der Waals surface area (Å²) >= 11 is 1.53. The van der Waals surface area contributed by atoms with E-state index in [1.807, 2.05) is 11.6 Å². The summed E-state index contributed by atoms with van der Waals surface area (Å²) in [6.07, 6.45) is 4.30. The molecule has 1 aliphatic heterocycles. The number of aryl methyl sites for hydroxylation is 2. The molecule has 0 saturated carbocycles. The fourth-order valence-electron chi connectivity index (χ4n) is 4.25. The second-order valence-electron chi connectivity index (χ2n) is 8.65. The summed E-state index contributed by atoms with van der Waals surface area (Å²) in [5.41, 5.74) is 2.37. The summed E-state index contributed by atoms with van der Waals surface area (Å²) in [5, 5.41) is 0. The van der Waals surface area contributed by atoms with Gasteiger partial charge in [-0.05, 0) is 67.6 Å². The smallest absolute Gasteiger partial charge is 0.251 e. The van der Waals surface area contributed by atoms with E-state index in [9.17, 15) is 13.2 Å². The third-order valence-electron chi connectivity index (χ3n) is 6.40. The predicted molar refractivity (Wildman–Crippen MR) is 134 cm³/mol. The van der Waals surface area contributed by atoms with E-state index in [2.05, 4.69) is 30.1 Å². The van der Waals surface area contributed by atoms with Gasteiger partial charge in [0.15, 0.2) is 4.80 Å². The van der Waals surface area contributed by atoms with Gasteiger partial charge in [-0.25, -0.2) is 8.42 Å². The number of rotatable bonds is 7. The van der Waals surface area contributed by atoms with Crippen molar-refractivity contribution in [1.82, 2.24) is 8.87 Å². The first kappa shape index (κ1) is 24.6. The maximum atomic E-state index is 13.0. The Morgan fingerprint density at radius 1 is 1.15 bits per heavy atom. The number of nitrogens with zero attached hydrogens (tertiary/aromatic N) is 3. The molecule has 1 aromatic heterocycles. The van der Waals surface area contributed by atoms with Gasteiger partial charge < -0.3 is 9.30 Å². The monoisotopic (exact) mass is 501 g/mol. The number of thiazole rings is 1. The van der Waals surface area contributed by atoms with Crippen LogP contribution in [0.15, 0.2) is 52.4 Å². The summed E-state index contributed by atoms with van der Waals surface area (Å²) in [6, 6.07) is 12.8. The number of aromatic nitrogens is 1. The lowest BCUT2D eigenvalue weighted by Crippen LogP contribution is -2.40. The average molecular weight is 502 g/mol. The number of amides is 1. The summed E-state index contributed by atoms with van der Waals surface area (Å²) in [6.45, 7) is 2.80. The molecule has 1 fully saturated rings. The lowest BCUT2D eigenvalue weighted by atomic mass is 9.98. The summed E-state index contributed by atoms with van der Waals surface area (Å²) in [5.74, 6) is 0.166. The zero-order chi connectivity index (χ0) is 24.3. The fourth-order valence-corrected chi connectivity index (χ4v) is 6.80. The summed E-state index contributed by atoms with van der Waals surface area (Å²) in [4.78, 5) is 18.3. The molecule has 0 N–H and O–H groups in total. The summed E-state index contributed by atoms with van der Waals surface area (Å²) < 4.78 is 35.6. The third kappa shape index (κ3) is 5.11. The van der Waals surface area contributed by atoms with Crippen LogP contribution in [0.5, 0.6) is 5.75 Å². The van der Waals surface area contributed by atoms with Gasteiger partial charge in [-0.15, -0.1) is 0 Å². The standard InChI is InChI=1S/C25H31N3O4S2/c1-4-5-6-18-7-12-22-23(17-18)33-25(27(22)2)26-24(29)19-13-15-28(16-14-19)34(30,31)21-10-8-20(32-3)9-11-21/h7-12,17,19H,4-6,13-16H2,1-3H3. The van der Waals surface area contributed by atoms with E-state index in [-0.39, 0.29) is 16.7 Å². The van der Waals surface area contributed by atoms with Crippen molar-refractivity contribution in [3.05, 3.63) is 52.8 Å². The number of methoxy groups -OCH3 is 1. The number of piperidine rings is 1. The van der Waals surface area contributed by atoms with Crippen LogP contribution in [0.4, 0.5) is 0 Å². The van der Waals surface area contributed by atoms with Gasteiger partial charge in [0, 0.05) is 26.1 Å². The molecule has 1 amide bonds. The van der Waals surface area contributed by atoms with E-state index in [4.69, 9.17) is 4.74 Å². The Balaban J connectivity index is 1.46. The number of ether oxygens (including phenoxy) is 1. The number of carbonyl (C=O) groups is 1. The summed E-state index contributed by atoms with van der Waals surface area (Å²) in [7, 11) is -0.123. The van der Waals surface area contributed by atoms with Gasteiger partial charge in [-0.1, -0.05) is 30.7 Å². The quantitative estimate of drug-likeness (QED) is 0.488. The minimum absolute atomic E-state index is 0.171. The maximum Gasteiger partial charge on any atom is 0.251 e. The van der Waals surface area contributed by atoms with E-state index in [1.54, 1.807) is 31.4 Å². The fraction of sp³-hybridized carbons (Fsp3) is 0.440. The number of sulfonamides is 1. The molecular formula is C25H31N3O4S2. The van der Waals surface area contributed by atoms with Crippen LogP contribution in [-0.4, -0.2) is 43.4 Å². The van der Waals surface area contributed by atoms with E-state index in [0.29, 0.717) is 36.5 Å². The molecule has 1 saturated heterocycles. The molecule has 7 nitrogen and oxygen atoms in total. The van der Waals surface area contributed by atoms with E-state index >= 15 is 0 Å². The van der Waals surface area contributed by atoms with Gasteiger partial charge in [0.2, 0.25) is 10.0 Å². The van der Waals surface area contributed by atoms with Gasteiger partial charge in [-0.3, -0.25) is 4.79 Å². The molecule has 2 aromatic carbocycles. The van der Waals surface area contributed by atoms with Crippen molar-refractivity contribution >= 4 is 37.5 Å². The highest BCUT2D eigenvalue weighted by Gasteiger charge is 2.32. The normalized spacial score (nSPS) is 16.3. The van der Waals surface area contributed by atoms with Crippen molar-refractivity contribution in [2.45, 2.75) is 43.9 Å². The van der Waals surface area contributed by atoms with Gasteiger partial charge in [0.25, 0.3) is 5.91 Å². The molecule has 0 bridgehead atoms. The van der Waals surface area contributed by atoms with Crippen LogP contribution in [0.3, 0.4) is 0 Å². The highest BCUT2D eigenvalue weighted by atomic mass is 32.2. The molecule has 3 aromatic rings. The first-order chi connectivity index (χ1) is 16.3. The van der Waals surface area contributed by atoms with Gasteiger partial charge >= 0.3 is 0 Å². The second-order valence-corrected chi connectivity index (χ2v) is 11.6. The Hall–Kier alpha value is -2.49. The average Bonchev–Trinajstić information content (AvgIpc) is 3.17. The zero-order valence-corrected chi connectivity index (χ0v) is 21.5. The highest BCUT2D eigenvalue weighted by molar-refractivity contribution is 7.89. The van der Waals surface area contributed by atoms with Gasteiger partial charge in [0.1, 0.15) is 5.75 Å². The zero-order valence-electron chi connectivity index (χ0n) is 19.9. The molecule has 1 aliphatic rings. The SMILES string of the molecule is CCCCc1ccc2c(c1)sc(=NC(=O)C1CCN(S(=O)(=O)c3ccc(OC)cc3)CC1)n2C. The van der Waals surface area contributed by atoms with E-state index in [1.165, 1.54) is 21.2 Å². The van der Waals surface area contributed by atoms with E-state index < -0.39 is 10.0 Å². The number of fused-ring (bicyclic) bond motifs is 1. The van der Waals surface area contributed by atoms with Gasteiger partial charge in [0.05, 0.1) is 22.2 Å². The predicted octanol–water partition coefficient (Wildman–Crippen LogP) is 4.12. The van der Waals surface area contributed by atoms with Crippen molar-refractivity contribution in [3.8, 4) is 5.75 Å². The number of hydrogen-bond acceptors (Lipinski definition) is 5. The first-order valence-electron chi connectivity index (χ1n) is 11.6. The molecule has 182 valence electrons. The first-order valence-corrected chi connectivity index (χ1v) is 13.9. The number of unbranched alkanes of at least 4 members (excludes halogenated alkanes) is 1. The molecule has 0 atom stereocenters. The Kier molecular flexibility index (Phi) is 7.54. The minimum atomic E-state index is -3.60. The van der Waals surface area contributed by atoms with Crippen molar-refractivity contribution in [1.29, 1.82) is 0 Å². The topological polar surface area (TPSA) is 81.0 Å². The van der Waals surface area contributed by atoms with Crippen LogP contribution in [-0.2, 0) is 28.3 Å². The van der Waals surface area contributed by atoms with Crippen molar-refractivity contribution in [2.75, 3.05) is 20.2 Å². The van der Waals surface area contributed by atoms with Crippen LogP contribution in [0.2, 0.25) is 0 Å². The van der Waals surface area contributed by atoms with Crippen LogP contribution >= 0.6 is 11.3 Å². The third-order valence-corrected chi connectivity index (χ3v) is 9.41. The number of carbonyl (C=O) groups excluding carboxylic acids is 1. The lowest BCUT2D eigenvalue weighted by Gasteiger charge is -2.29. The van der Waals surface area contributed by atoms with Gasteiger partial charge in [-0.2, -0.15) is 9.30 Å². The molecule has 0 unspecified atom stereocenters.